The maximum atomic E-state index is 12.1. The summed E-state index contributed by atoms with van der Waals surface area (Å²) in [4.78, 5) is 23.1. The van der Waals surface area contributed by atoms with Crippen molar-refractivity contribution in [2.24, 2.45) is 0 Å². The third-order valence-corrected chi connectivity index (χ3v) is 3.33. The number of carboxylic acid groups (broad SMARTS) is 1. The summed E-state index contributed by atoms with van der Waals surface area (Å²) in [5, 5.41) is 11.6. The Bertz CT molecular complexity index is 683. The highest BCUT2D eigenvalue weighted by Crippen LogP contribution is 2.26. The van der Waals surface area contributed by atoms with Crippen LogP contribution in [0.4, 0.5) is 5.69 Å². The molecule has 0 fully saturated rings. The van der Waals surface area contributed by atoms with Crippen molar-refractivity contribution in [3.05, 3.63) is 58.1 Å². The van der Waals surface area contributed by atoms with Gasteiger partial charge in [-0.15, -0.1) is 0 Å². The number of halogens is 1. The lowest BCUT2D eigenvalue weighted by Crippen LogP contribution is -2.13. The van der Waals surface area contributed by atoms with E-state index in [9.17, 15) is 9.59 Å². The Hall–Kier alpha value is -2.34. The molecule has 0 unspecified atom stereocenters. The fraction of sp³-hybridized carbons (Fsp3) is 0.0667. The first-order valence-electron chi connectivity index (χ1n) is 5.99. The summed E-state index contributed by atoms with van der Waals surface area (Å²) in [6, 6.07) is 11.1. The Morgan fingerprint density at radius 3 is 2.29 bits per heavy atom. The molecule has 0 aromatic heterocycles. The van der Waals surface area contributed by atoms with E-state index >= 15 is 0 Å². The molecule has 0 aliphatic rings. The van der Waals surface area contributed by atoms with Gasteiger partial charge in [-0.05, 0) is 42.5 Å². The number of nitrogens with one attached hydrogen (secondary N) is 1. The van der Waals surface area contributed by atoms with E-state index < -0.39 is 5.97 Å². The minimum atomic E-state index is -1.07. The van der Waals surface area contributed by atoms with Crippen LogP contribution in [0, 0.1) is 0 Å². The molecule has 0 heterocycles. The Labute approximate surface area is 129 Å². The lowest BCUT2D eigenvalue weighted by atomic mass is 10.1. The smallest absolute Gasteiger partial charge is 0.335 e. The SMILES string of the molecule is COc1ccc(C(=O)O)cc1NC(=O)c1ccc(Br)cc1. The van der Waals surface area contributed by atoms with Crippen LogP contribution in [0.3, 0.4) is 0 Å². The third kappa shape index (κ3) is 3.61. The van der Waals surface area contributed by atoms with Gasteiger partial charge in [-0.1, -0.05) is 15.9 Å². The zero-order valence-corrected chi connectivity index (χ0v) is 12.7. The van der Waals surface area contributed by atoms with Crippen molar-refractivity contribution < 1.29 is 19.4 Å². The van der Waals surface area contributed by atoms with E-state index in [1.54, 1.807) is 24.3 Å². The van der Waals surface area contributed by atoms with E-state index in [4.69, 9.17) is 9.84 Å². The van der Waals surface area contributed by atoms with Gasteiger partial charge >= 0.3 is 5.97 Å². The van der Waals surface area contributed by atoms with Crippen molar-refractivity contribution in [1.29, 1.82) is 0 Å². The Balaban J connectivity index is 2.29. The summed E-state index contributed by atoms with van der Waals surface area (Å²) in [6.45, 7) is 0. The van der Waals surface area contributed by atoms with Crippen LogP contribution in [0.1, 0.15) is 20.7 Å². The van der Waals surface area contributed by atoms with E-state index in [1.165, 1.54) is 25.3 Å². The lowest BCUT2D eigenvalue weighted by Gasteiger charge is -2.11. The zero-order chi connectivity index (χ0) is 15.4. The van der Waals surface area contributed by atoms with Crippen LogP contribution >= 0.6 is 15.9 Å². The molecule has 0 aliphatic heterocycles. The molecule has 0 radical (unpaired) electrons. The van der Waals surface area contributed by atoms with Gasteiger partial charge in [0.2, 0.25) is 0 Å². The molecule has 0 spiro atoms. The Kier molecular flexibility index (Phi) is 4.59. The number of aromatic carboxylic acids is 1. The monoisotopic (exact) mass is 349 g/mol. The fourth-order valence-corrected chi connectivity index (χ4v) is 2.00. The van der Waals surface area contributed by atoms with Crippen LogP contribution in [-0.4, -0.2) is 24.1 Å². The number of carbonyl (C=O) groups excluding carboxylic acids is 1. The molecule has 2 aromatic carbocycles. The summed E-state index contributed by atoms with van der Waals surface area (Å²) < 4.78 is 5.99. The maximum absolute atomic E-state index is 12.1. The summed E-state index contributed by atoms with van der Waals surface area (Å²) in [5.74, 6) is -1.02. The van der Waals surface area contributed by atoms with Crippen LogP contribution in [0.5, 0.6) is 5.75 Å². The Morgan fingerprint density at radius 2 is 1.71 bits per heavy atom. The maximum Gasteiger partial charge on any atom is 0.335 e. The van der Waals surface area contributed by atoms with Gasteiger partial charge in [0.1, 0.15) is 5.75 Å². The molecule has 0 aliphatic carbocycles. The highest BCUT2D eigenvalue weighted by atomic mass is 79.9. The molecule has 0 bridgehead atoms. The second-order valence-electron chi connectivity index (χ2n) is 4.18. The normalized spacial score (nSPS) is 10.0. The van der Waals surface area contributed by atoms with E-state index in [1.807, 2.05) is 0 Å². The van der Waals surface area contributed by atoms with E-state index in [-0.39, 0.29) is 11.5 Å². The number of anilines is 1. The minimum absolute atomic E-state index is 0.0712. The van der Waals surface area contributed by atoms with Gasteiger partial charge in [0, 0.05) is 10.0 Å². The second-order valence-corrected chi connectivity index (χ2v) is 5.10. The van der Waals surface area contributed by atoms with Crippen LogP contribution < -0.4 is 10.1 Å². The summed E-state index contributed by atoms with van der Waals surface area (Å²) in [6.07, 6.45) is 0. The molecule has 2 aromatic rings. The molecule has 1 amide bonds. The highest BCUT2D eigenvalue weighted by molar-refractivity contribution is 9.10. The summed E-state index contributed by atoms with van der Waals surface area (Å²) in [7, 11) is 1.45. The van der Waals surface area contributed by atoms with E-state index in [2.05, 4.69) is 21.2 Å². The van der Waals surface area contributed by atoms with Crippen LogP contribution in [0.2, 0.25) is 0 Å². The molecule has 0 atom stereocenters. The molecule has 0 saturated carbocycles. The molecule has 5 nitrogen and oxygen atoms in total. The average molecular weight is 350 g/mol. The number of amides is 1. The molecular weight excluding hydrogens is 338 g/mol. The molecule has 108 valence electrons. The van der Waals surface area contributed by atoms with Crippen LogP contribution in [0.25, 0.3) is 0 Å². The number of rotatable bonds is 4. The van der Waals surface area contributed by atoms with Gasteiger partial charge in [-0.25, -0.2) is 4.79 Å². The highest BCUT2D eigenvalue weighted by Gasteiger charge is 2.12. The van der Waals surface area contributed by atoms with Gasteiger partial charge in [-0.3, -0.25) is 4.79 Å². The van der Waals surface area contributed by atoms with E-state index in [0.29, 0.717) is 17.0 Å². The quantitative estimate of drug-likeness (QED) is 0.886. The van der Waals surface area contributed by atoms with Crippen molar-refractivity contribution in [1.82, 2.24) is 0 Å². The first-order chi connectivity index (χ1) is 10.0. The number of carboxylic acids is 1. The number of hydrogen-bond acceptors (Lipinski definition) is 3. The Morgan fingerprint density at radius 1 is 1.10 bits per heavy atom. The van der Waals surface area contributed by atoms with Gasteiger partial charge in [0.15, 0.2) is 0 Å². The number of carbonyl (C=O) groups is 2. The number of ether oxygens (including phenoxy) is 1. The number of benzene rings is 2. The van der Waals surface area contributed by atoms with Crippen LogP contribution in [-0.2, 0) is 0 Å². The van der Waals surface area contributed by atoms with E-state index in [0.717, 1.165) is 4.47 Å². The molecule has 0 saturated heterocycles. The zero-order valence-electron chi connectivity index (χ0n) is 11.1. The minimum Gasteiger partial charge on any atom is -0.495 e. The largest absolute Gasteiger partial charge is 0.495 e. The van der Waals surface area contributed by atoms with Crippen molar-refractivity contribution in [2.45, 2.75) is 0 Å². The lowest BCUT2D eigenvalue weighted by molar-refractivity contribution is 0.0696. The predicted octanol–water partition coefficient (Wildman–Crippen LogP) is 3.41. The van der Waals surface area contributed by atoms with Gasteiger partial charge in [0.25, 0.3) is 5.91 Å². The summed E-state index contributed by atoms with van der Waals surface area (Å²) in [5.41, 5.74) is 0.841. The van der Waals surface area contributed by atoms with Gasteiger partial charge < -0.3 is 15.2 Å². The molecule has 6 heteroatoms. The van der Waals surface area contributed by atoms with Crippen LogP contribution in [0.15, 0.2) is 46.9 Å². The molecule has 21 heavy (non-hydrogen) atoms. The fourth-order valence-electron chi connectivity index (χ4n) is 1.73. The number of hydrogen-bond donors (Lipinski definition) is 2. The first-order valence-corrected chi connectivity index (χ1v) is 6.79. The predicted molar refractivity (Wildman–Crippen MR) is 82.0 cm³/mol. The van der Waals surface area contributed by atoms with Crippen molar-refractivity contribution >= 4 is 33.5 Å². The first kappa shape index (κ1) is 15.1. The average Bonchev–Trinajstić information content (AvgIpc) is 2.47. The molecule has 2 rings (SSSR count). The molecule has 2 N–H and O–H groups in total. The summed E-state index contributed by atoms with van der Waals surface area (Å²) >= 11 is 3.29. The number of methoxy groups -OCH3 is 1. The van der Waals surface area contributed by atoms with Crippen molar-refractivity contribution in [3.8, 4) is 5.75 Å². The van der Waals surface area contributed by atoms with Crippen molar-refractivity contribution in [2.75, 3.05) is 12.4 Å². The topological polar surface area (TPSA) is 75.6 Å². The second kappa shape index (κ2) is 6.41. The molecular formula is C15H12BrNO4. The standard InChI is InChI=1S/C15H12BrNO4/c1-21-13-7-4-10(15(19)20)8-12(13)17-14(18)9-2-5-11(16)6-3-9/h2-8H,1H3,(H,17,18)(H,19,20). The third-order valence-electron chi connectivity index (χ3n) is 2.80. The van der Waals surface area contributed by atoms with Crippen molar-refractivity contribution in [3.63, 3.8) is 0 Å². The van der Waals surface area contributed by atoms with Gasteiger partial charge in [0.05, 0.1) is 18.4 Å². The van der Waals surface area contributed by atoms with Gasteiger partial charge in [-0.2, -0.15) is 0 Å².